The van der Waals surface area contributed by atoms with E-state index in [4.69, 9.17) is 4.74 Å². The van der Waals surface area contributed by atoms with Crippen molar-refractivity contribution < 1.29 is 14.3 Å². The number of benzene rings is 1. The van der Waals surface area contributed by atoms with Gasteiger partial charge in [0.2, 0.25) is 0 Å². The third-order valence-electron chi connectivity index (χ3n) is 4.09. The van der Waals surface area contributed by atoms with Crippen LogP contribution >= 0.6 is 0 Å². The van der Waals surface area contributed by atoms with Crippen LogP contribution in [0.25, 0.3) is 0 Å². The van der Waals surface area contributed by atoms with Crippen LogP contribution in [0.15, 0.2) is 24.3 Å². The summed E-state index contributed by atoms with van der Waals surface area (Å²) in [5.41, 5.74) is 1.82. The Labute approximate surface area is 163 Å². The molecule has 0 unspecified atom stereocenters. The summed E-state index contributed by atoms with van der Waals surface area (Å²) in [6.07, 6.45) is 4.77. The molecule has 27 heavy (non-hydrogen) atoms. The van der Waals surface area contributed by atoms with Crippen LogP contribution < -0.4 is 10.6 Å². The molecule has 1 aliphatic rings. The highest BCUT2D eigenvalue weighted by Gasteiger charge is 2.15. The van der Waals surface area contributed by atoms with Crippen LogP contribution in [0.4, 0.5) is 10.5 Å². The summed E-state index contributed by atoms with van der Waals surface area (Å²) in [5, 5.41) is 5.80. The Morgan fingerprint density at radius 3 is 2.33 bits per heavy atom. The highest BCUT2D eigenvalue weighted by molar-refractivity contribution is 5.67. The van der Waals surface area contributed by atoms with Crippen LogP contribution in [0.1, 0.15) is 45.6 Å². The van der Waals surface area contributed by atoms with Crippen molar-refractivity contribution in [2.75, 3.05) is 38.5 Å². The van der Waals surface area contributed by atoms with Crippen molar-refractivity contribution in [1.29, 1.82) is 0 Å². The van der Waals surface area contributed by atoms with Gasteiger partial charge in [-0.3, -0.25) is 0 Å². The molecule has 1 amide bonds. The normalized spacial score (nSPS) is 14.1. The second-order valence-electron chi connectivity index (χ2n) is 7.63. The van der Waals surface area contributed by atoms with Gasteiger partial charge >= 0.3 is 6.09 Å². The van der Waals surface area contributed by atoms with Crippen molar-refractivity contribution in [2.45, 2.75) is 52.1 Å². The van der Waals surface area contributed by atoms with Gasteiger partial charge in [-0.2, -0.15) is 0 Å². The van der Waals surface area contributed by atoms with Crippen LogP contribution in [0.5, 0.6) is 0 Å². The first-order valence-corrected chi connectivity index (χ1v) is 9.73. The number of aldehydes is 1. The Bertz CT molecular complexity index is 547. The molecule has 1 aromatic rings. The number of anilines is 1. The molecule has 1 saturated heterocycles. The van der Waals surface area contributed by atoms with E-state index in [1.165, 1.54) is 31.5 Å². The van der Waals surface area contributed by atoms with E-state index < -0.39 is 5.60 Å². The topological polar surface area (TPSA) is 70.7 Å². The van der Waals surface area contributed by atoms with Crippen molar-refractivity contribution >= 4 is 18.1 Å². The minimum absolute atomic E-state index is 0.366. The zero-order valence-corrected chi connectivity index (χ0v) is 17.2. The average Bonchev–Trinajstić information content (AvgIpc) is 3.13. The fraction of sp³-hybridized carbons (Fsp3) is 0.619. The number of nitrogens with zero attached hydrogens (tertiary/aromatic N) is 1. The molecule has 1 aliphatic heterocycles. The second kappa shape index (κ2) is 12.3. The summed E-state index contributed by atoms with van der Waals surface area (Å²) in [5.74, 6) is 0. The predicted molar refractivity (Wildman–Crippen MR) is 110 cm³/mol. The van der Waals surface area contributed by atoms with E-state index in [2.05, 4.69) is 15.5 Å². The van der Waals surface area contributed by atoms with Gasteiger partial charge in [-0.25, -0.2) is 4.79 Å². The SMILES string of the molecule is CNc1ccc(CCNC(=O)OC(C)(C)C)cc1.O=CCCN1CCCC1. The zero-order valence-electron chi connectivity index (χ0n) is 17.2. The van der Waals surface area contributed by atoms with Gasteiger partial charge in [-0.15, -0.1) is 0 Å². The summed E-state index contributed by atoms with van der Waals surface area (Å²) in [6.45, 7) is 9.51. The molecule has 0 spiro atoms. The molecular weight excluding hydrogens is 342 g/mol. The van der Waals surface area contributed by atoms with E-state index in [0.717, 1.165) is 24.9 Å². The molecule has 2 rings (SSSR count). The van der Waals surface area contributed by atoms with Gasteiger partial charge in [-0.05, 0) is 70.8 Å². The fourth-order valence-electron chi connectivity index (χ4n) is 2.70. The third-order valence-corrected chi connectivity index (χ3v) is 4.09. The van der Waals surface area contributed by atoms with Gasteiger partial charge in [0.25, 0.3) is 0 Å². The van der Waals surface area contributed by atoms with Crippen LogP contribution in [0.2, 0.25) is 0 Å². The number of likely N-dealkylation sites (tertiary alicyclic amines) is 1. The fourth-order valence-corrected chi connectivity index (χ4v) is 2.70. The number of rotatable bonds is 7. The average molecular weight is 378 g/mol. The van der Waals surface area contributed by atoms with Gasteiger partial charge in [-0.1, -0.05) is 12.1 Å². The molecule has 6 nitrogen and oxygen atoms in total. The molecular formula is C21H35N3O3. The van der Waals surface area contributed by atoms with Crippen LogP contribution in [0.3, 0.4) is 0 Å². The Balaban J connectivity index is 0.000000337. The number of nitrogens with one attached hydrogen (secondary N) is 2. The molecule has 1 aromatic carbocycles. The van der Waals surface area contributed by atoms with Crippen molar-refractivity contribution in [3.8, 4) is 0 Å². The summed E-state index contributed by atoms with van der Waals surface area (Å²) in [7, 11) is 1.89. The Morgan fingerprint density at radius 1 is 1.19 bits per heavy atom. The van der Waals surface area contributed by atoms with Crippen LogP contribution in [0, 0.1) is 0 Å². The lowest BCUT2D eigenvalue weighted by Crippen LogP contribution is -2.33. The van der Waals surface area contributed by atoms with E-state index in [-0.39, 0.29) is 6.09 Å². The maximum Gasteiger partial charge on any atom is 0.407 e. The number of amides is 1. The number of carbonyl (C=O) groups excluding carboxylic acids is 2. The van der Waals surface area contributed by atoms with E-state index in [0.29, 0.717) is 13.0 Å². The van der Waals surface area contributed by atoms with Gasteiger partial charge in [0, 0.05) is 32.2 Å². The Hall–Kier alpha value is -2.08. The minimum atomic E-state index is -0.446. The maximum atomic E-state index is 11.4. The van der Waals surface area contributed by atoms with Gasteiger partial charge in [0.05, 0.1) is 0 Å². The third kappa shape index (κ3) is 11.3. The maximum absolute atomic E-state index is 11.4. The molecule has 0 saturated carbocycles. The minimum Gasteiger partial charge on any atom is -0.444 e. The molecule has 2 N–H and O–H groups in total. The van der Waals surface area contributed by atoms with Gasteiger partial charge in [0.1, 0.15) is 11.9 Å². The molecule has 0 aliphatic carbocycles. The lowest BCUT2D eigenvalue weighted by Gasteiger charge is -2.19. The first-order valence-electron chi connectivity index (χ1n) is 9.73. The van der Waals surface area contributed by atoms with E-state index >= 15 is 0 Å². The van der Waals surface area contributed by atoms with Crippen molar-refractivity contribution in [3.05, 3.63) is 29.8 Å². The molecule has 6 heteroatoms. The largest absolute Gasteiger partial charge is 0.444 e. The highest BCUT2D eigenvalue weighted by atomic mass is 16.6. The number of hydrogen-bond acceptors (Lipinski definition) is 5. The lowest BCUT2D eigenvalue weighted by atomic mass is 10.1. The quantitative estimate of drug-likeness (QED) is 0.712. The highest BCUT2D eigenvalue weighted by Crippen LogP contribution is 2.09. The Morgan fingerprint density at radius 2 is 1.81 bits per heavy atom. The molecule has 1 fully saturated rings. The van der Waals surface area contributed by atoms with Gasteiger partial charge < -0.3 is 25.1 Å². The summed E-state index contributed by atoms with van der Waals surface area (Å²) in [4.78, 5) is 23.7. The monoisotopic (exact) mass is 377 g/mol. The molecule has 0 aromatic heterocycles. The first-order chi connectivity index (χ1) is 12.8. The molecule has 152 valence electrons. The van der Waals surface area contributed by atoms with Crippen molar-refractivity contribution in [2.24, 2.45) is 0 Å². The predicted octanol–water partition coefficient (Wildman–Crippen LogP) is 3.47. The number of ether oxygens (including phenoxy) is 1. The van der Waals surface area contributed by atoms with E-state index in [1.54, 1.807) is 0 Å². The van der Waals surface area contributed by atoms with E-state index in [1.807, 2.05) is 52.1 Å². The molecule has 0 bridgehead atoms. The van der Waals surface area contributed by atoms with Gasteiger partial charge in [0.15, 0.2) is 0 Å². The number of hydrogen-bond donors (Lipinski definition) is 2. The smallest absolute Gasteiger partial charge is 0.407 e. The van der Waals surface area contributed by atoms with Crippen LogP contribution in [-0.4, -0.2) is 56.1 Å². The van der Waals surface area contributed by atoms with Crippen molar-refractivity contribution in [3.63, 3.8) is 0 Å². The molecule has 1 heterocycles. The number of alkyl carbamates (subject to hydrolysis) is 1. The van der Waals surface area contributed by atoms with Crippen molar-refractivity contribution in [1.82, 2.24) is 10.2 Å². The summed E-state index contributed by atoms with van der Waals surface area (Å²) in [6, 6.07) is 8.12. The summed E-state index contributed by atoms with van der Waals surface area (Å²) < 4.78 is 5.15. The number of carbonyl (C=O) groups is 2. The lowest BCUT2D eigenvalue weighted by molar-refractivity contribution is -0.108. The second-order valence-corrected chi connectivity index (χ2v) is 7.63. The Kier molecular flexibility index (Phi) is 10.5. The first kappa shape index (κ1) is 23.0. The molecule has 0 radical (unpaired) electrons. The standard InChI is InChI=1S/C14H22N2O2.C7H13NO/c1-14(2,3)18-13(17)16-10-9-11-5-7-12(15-4)8-6-11;9-7-3-6-8-4-1-2-5-8/h5-8,15H,9-10H2,1-4H3,(H,16,17);7H,1-6H2. The van der Waals surface area contributed by atoms with E-state index in [9.17, 15) is 9.59 Å². The van der Waals surface area contributed by atoms with Crippen LogP contribution in [-0.2, 0) is 16.0 Å². The molecule has 0 atom stereocenters. The zero-order chi connectivity index (χ0) is 20.1. The summed E-state index contributed by atoms with van der Waals surface area (Å²) >= 11 is 0.